The number of nitrogens with zero attached hydrogens (tertiary/aromatic N) is 5. The second-order valence-electron chi connectivity index (χ2n) is 5.81. The Morgan fingerprint density at radius 3 is 2.00 bits per heavy atom. The van der Waals surface area contributed by atoms with Crippen LogP contribution in [0.5, 0.6) is 0 Å². The van der Waals surface area contributed by atoms with Crippen LogP contribution in [0.15, 0.2) is 48.5 Å². The summed E-state index contributed by atoms with van der Waals surface area (Å²) in [6.45, 7) is 4.08. The van der Waals surface area contributed by atoms with Crippen molar-refractivity contribution in [2.24, 2.45) is 0 Å². The van der Waals surface area contributed by atoms with Gasteiger partial charge in [-0.15, -0.1) is 15.3 Å². The number of rotatable bonds is 2. The number of anilines is 1. The van der Waals surface area contributed by atoms with Crippen LogP contribution in [0.4, 0.5) is 5.95 Å². The van der Waals surface area contributed by atoms with Gasteiger partial charge in [0.1, 0.15) is 5.69 Å². The zero-order valence-electron chi connectivity index (χ0n) is 13.4. The van der Waals surface area contributed by atoms with Gasteiger partial charge in [-0.2, -0.15) is 9.50 Å². The van der Waals surface area contributed by atoms with Crippen molar-refractivity contribution in [2.45, 2.75) is 13.8 Å². The van der Waals surface area contributed by atoms with Crippen molar-refractivity contribution in [3.8, 4) is 22.6 Å². The molecule has 4 aromatic rings. The molecule has 2 aromatic heterocycles. The lowest BCUT2D eigenvalue weighted by Crippen LogP contribution is -2.03. The van der Waals surface area contributed by atoms with E-state index in [1.807, 2.05) is 62.4 Å². The molecule has 6 heteroatoms. The highest BCUT2D eigenvalue weighted by Gasteiger charge is 2.16. The van der Waals surface area contributed by atoms with Crippen LogP contribution in [0.2, 0.25) is 0 Å². The molecule has 118 valence electrons. The molecule has 0 atom stereocenters. The van der Waals surface area contributed by atoms with E-state index in [2.05, 4.69) is 20.3 Å². The lowest BCUT2D eigenvalue weighted by Gasteiger charge is -2.06. The Bertz CT molecular complexity index is 934. The average Bonchev–Trinajstić information content (AvgIpc) is 2.97. The summed E-state index contributed by atoms with van der Waals surface area (Å²) in [7, 11) is 0. The molecule has 4 rings (SSSR count). The highest BCUT2D eigenvalue weighted by Crippen LogP contribution is 2.25. The van der Waals surface area contributed by atoms with Crippen molar-refractivity contribution >= 4 is 11.6 Å². The fourth-order valence-electron chi connectivity index (χ4n) is 2.59. The van der Waals surface area contributed by atoms with Crippen LogP contribution in [0.1, 0.15) is 11.1 Å². The van der Waals surface area contributed by atoms with E-state index in [9.17, 15) is 0 Å². The lowest BCUT2D eigenvalue weighted by atomic mass is 10.1. The third kappa shape index (κ3) is 2.38. The third-order valence-electron chi connectivity index (χ3n) is 3.92. The Hall–Kier alpha value is -3.28. The van der Waals surface area contributed by atoms with Crippen LogP contribution < -0.4 is 5.73 Å². The topological polar surface area (TPSA) is 82.0 Å². The molecule has 0 aliphatic rings. The highest BCUT2D eigenvalue weighted by molar-refractivity contribution is 5.75. The van der Waals surface area contributed by atoms with E-state index >= 15 is 0 Å². The quantitative estimate of drug-likeness (QED) is 0.614. The number of hydrogen-bond acceptors (Lipinski definition) is 5. The fraction of sp³-hybridized carbons (Fsp3) is 0.111. The van der Waals surface area contributed by atoms with E-state index in [0.717, 1.165) is 11.1 Å². The molecule has 0 fully saturated rings. The molecule has 0 spiro atoms. The van der Waals surface area contributed by atoms with Gasteiger partial charge in [-0.05, 0) is 13.8 Å². The molecular formula is C18H16N6. The minimum Gasteiger partial charge on any atom is -0.366 e. The maximum Gasteiger partial charge on any atom is 0.240 e. The van der Waals surface area contributed by atoms with Crippen molar-refractivity contribution in [3.05, 3.63) is 59.7 Å². The van der Waals surface area contributed by atoms with Crippen LogP contribution >= 0.6 is 0 Å². The van der Waals surface area contributed by atoms with Gasteiger partial charge < -0.3 is 5.73 Å². The van der Waals surface area contributed by atoms with Crippen LogP contribution in [-0.2, 0) is 0 Å². The molecule has 2 N–H and O–H groups in total. The Morgan fingerprint density at radius 1 is 0.792 bits per heavy atom. The molecule has 0 aliphatic carbocycles. The lowest BCUT2D eigenvalue weighted by molar-refractivity contribution is 0.884. The first-order chi connectivity index (χ1) is 11.6. The summed E-state index contributed by atoms with van der Waals surface area (Å²) < 4.78 is 1.65. The van der Waals surface area contributed by atoms with Gasteiger partial charge in [-0.25, -0.2) is 0 Å². The SMILES string of the molecule is Cc1ccc(-c2nnc(-c3ccc(C)cc3)n3nc(N)nc23)cc1. The Morgan fingerprint density at radius 2 is 1.38 bits per heavy atom. The largest absolute Gasteiger partial charge is 0.366 e. The Kier molecular flexibility index (Phi) is 3.23. The van der Waals surface area contributed by atoms with Crippen LogP contribution in [0.3, 0.4) is 0 Å². The minimum absolute atomic E-state index is 0.200. The van der Waals surface area contributed by atoms with Gasteiger partial charge in [-0.1, -0.05) is 59.7 Å². The van der Waals surface area contributed by atoms with E-state index in [0.29, 0.717) is 17.2 Å². The van der Waals surface area contributed by atoms with Crippen molar-refractivity contribution in [1.29, 1.82) is 0 Å². The van der Waals surface area contributed by atoms with E-state index in [4.69, 9.17) is 5.73 Å². The summed E-state index contributed by atoms with van der Waals surface area (Å²) in [6, 6.07) is 16.1. The molecular weight excluding hydrogens is 300 g/mol. The molecule has 6 nitrogen and oxygen atoms in total. The maximum atomic E-state index is 5.83. The summed E-state index contributed by atoms with van der Waals surface area (Å²) in [5.74, 6) is 0.816. The van der Waals surface area contributed by atoms with Crippen LogP contribution in [0.25, 0.3) is 28.3 Å². The monoisotopic (exact) mass is 316 g/mol. The minimum atomic E-state index is 0.200. The van der Waals surface area contributed by atoms with Gasteiger partial charge in [0.05, 0.1) is 0 Å². The predicted octanol–water partition coefficient (Wildman–Crippen LogP) is 3.05. The first-order valence-electron chi connectivity index (χ1n) is 7.65. The molecule has 0 unspecified atom stereocenters. The number of aryl methyl sites for hydroxylation is 2. The van der Waals surface area contributed by atoms with Crippen molar-refractivity contribution < 1.29 is 0 Å². The zero-order valence-corrected chi connectivity index (χ0v) is 13.4. The fourth-order valence-corrected chi connectivity index (χ4v) is 2.59. The van der Waals surface area contributed by atoms with Gasteiger partial charge in [0.25, 0.3) is 0 Å². The molecule has 2 heterocycles. The summed E-state index contributed by atoms with van der Waals surface area (Å²) in [4.78, 5) is 4.34. The van der Waals surface area contributed by atoms with Gasteiger partial charge in [0.15, 0.2) is 11.5 Å². The predicted molar refractivity (Wildman–Crippen MR) is 93.3 cm³/mol. The first-order valence-corrected chi connectivity index (χ1v) is 7.65. The molecule has 0 radical (unpaired) electrons. The molecule has 0 saturated heterocycles. The molecule has 24 heavy (non-hydrogen) atoms. The van der Waals surface area contributed by atoms with Crippen molar-refractivity contribution in [1.82, 2.24) is 24.8 Å². The second-order valence-corrected chi connectivity index (χ2v) is 5.81. The first kappa shape index (κ1) is 14.3. The number of hydrogen-bond donors (Lipinski definition) is 1. The van der Waals surface area contributed by atoms with E-state index in [1.165, 1.54) is 11.1 Å². The zero-order chi connectivity index (χ0) is 16.7. The second kappa shape index (κ2) is 5.42. The Labute approximate surface area is 139 Å². The normalized spacial score (nSPS) is 11.1. The number of aromatic nitrogens is 5. The molecule has 2 aromatic carbocycles. The highest BCUT2D eigenvalue weighted by atomic mass is 15.4. The summed E-state index contributed by atoms with van der Waals surface area (Å²) >= 11 is 0. The van der Waals surface area contributed by atoms with Crippen molar-refractivity contribution in [2.75, 3.05) is 5.73 Å². The smallest absolute Gasteiger partial charge is 0.240 e. The molecule has 0 bridgehead atoms. The van der Waals surface area contributed by atoms with Gasteiger partial charge in [0, 0.05) is 11.1 Å². The molecule has 0 aliphatic heterocycles. The summed E-state index contributed by atoms with van der Waals surface area (Å²) in [6.07, 6.45) is 0. The number of nitrogen functional groups attached to an aromatic ring is 1. The standard InChI is InChI=1S/C18H16N6/c1-11-3-7-13(8-4-11)15-17-20-18(19)23-24(17)16(22-21-15)14-9-5-12(2)6-10-14/h3-10H,1-2H3,(H2,19,23). The number of benzene rings is 2. The van der Waals surface area contributed by atoms with Gasteiger partial charge in [-0.3, -0.25) is 0 Å². The average molecular weight is 316 g/mol. The maximum absolute atomic E-state index is 5.83. The van der Waals surface area contributed by atoms with E-state index in [1.54, 1.807) is 4.52 Å². The molecule has 0 amide bonds. The third-order valence-corrected chi connectivity index (χ3v) is 3.92. The van der Waals surface area contributed by atoms with Gasteiger partial charge >= 0.3 is 0 Å². The molecule has 0 saturated carbocycles. The van der Waals surface area contributed by atoms with E-state index < -0.39 is 0 Å². The summed E-state index contributed by atoms with van der Waals surface area (Å²) in [5, 5.41) is 13.1. The number of fused-ring (bicyclic) bond motifs is 1. The number of nitrogens with two attached hydrogens (primary N) is 1. The Balaban J connectivity index is 1.94. The van der Waals surface area contributed by atoms with Crippen LogP contribution in [-0.4, -0.2) is 24.8 Å². The van der Waals surface area contributed by atoms with E-state index in [-0.39, 0.29) is 5.95 Å². The van der Waals surface area contributed by atoms with Crippen molar-refractivity contribution in [3.63, 3.8) is 0 Å². The van der Waals surface area contributed by atoms with Crippen LogP contribution in [0, 0.1) is 13.8 Å². The summed E-state index contributed by atoms with van der Waals surface area (Å²) in [5.41, 5.74) is 11.3. The van der Waals surface area contributed by atoms with Gasteiger partial charge in [0.2, 0.25) is 5.95 Å².